The van der Waals surface area contributed by atoms with E-state index in [1.165, 1.54) is 16.0 Å². The van der Waals surface area contributed by atoms with Crippen LogP contribution in [0.5, 0.6) is 0 Å². The van der Waals surface area contributed by atoms with E-state index < -0.39 is 0 Å². The number of likely N-dealkylation sites (N-methyl/N-ethyl adjacent to an activating group) is 2. The first kappa shape index (κ1) is 21.6. The summed E-state index contributed by atoms with van der Waals surface area (Å²) in [5, 5.41) is 2.83. The molecular formula is C23H32N3O2+. The van der Waals surface area contributed by atoms with Crippen LogP contribution in [0.1, 0.15) is 30.5 Å². The molecule has 5 heteroatoms. The predicted molar refractivity (Wildman–Crippen MR) is 113 cm³/mol. The summed E-state index contributed by atoms with van der Waals surface area (Å²) in [6, 6.07) is 15.9. The summed E-state index contributed by atoms with van der Waals surface area (Å²) in [6.45, 7) is 6.84. The van der Waals surface area contributed by atoms with Gasteiger partial charge in [0.1, 0.15) is 6.54 Å². The molecule has 2 aromatic carbocycles. The van der Waals surface area contributed by atoms with E-state index in [-0.39, 0.29) is 24.4 Å². The predicted octanol–water partition coefficient (Wildman–Crippen LogP) is 2.06. The average molecular weight is 383 g/mol. The second kappa shape index (κ2) is 10.0. The number of aryl methyl sites for hydroxylation is 2. The fourth-order valence-corrected chi connectivity index (χ4v) is 3.04. The SMILES string of the molecule is CCc1ccc(C[NH+](C)[C@H](C)C(=O)N(C)CC(=O)Nc2ccc(C)cc2)cc1. The Morgan fingerprint density at radius 1 is 1.04 bits per heavy atom. The third-order valence-corrected chi connectivity index (χ3v) is 5.12. The number of anilines is 1. The number of carbonyl (C=O) groups excluding carboxylic acids is 2. The van der Waals surface area contributed by atoms with Crippen LogP contribution in [-0.2, 0) is 22.6 Å². The van der Waals surface area contributed by atoms with Gasteiger partial charge in [0, 0.05) is 18.3 Å². The molecule has 0 aliphatic heterocycles. The number of nitrogens with zero attached hydrogens (tertiary/aromatic N) is 1. The Bertz CT molecular complexity index is 784. The van der Waals surface area contributed by atoms with Crippen LogP contribution in [0.4, 0.5) is 5.69 Å². The highest BCUT2D eigenvalue weighted by Crippen LogP contribution is 2.08. The fraction of sp³-hybridized carbons (Fsp3) is 0.391. The molecule has 28 heavy (non-hydrogen) atoms. The molecule has 2 amide bonds. The van der Waals surface area contributed by atoms with Gasteiger partial charge in [0.05, 0.1) is 13.6 Å². The molecule has 2 atom stereocenters. The Morgan fingerprint density at radius 3 is 2.18 bits per heavy atom. The molecule has 0 fully saturated rings. The van der Waals surface area contributed by atoms with Crippen LogP contribution >= 0.6 is 0 Å². The van der Waals surface area contributed by atoms with Crippen LogP contribution < -0.4 is 10.2 Å². The Labute approximate surface area is 168 Å². The van der Waals surface area contributed by atoms with Gasteiger partial charge < -0.3 is 15.1 Å². The second-order valence-corrected chi connectivity index (χ2v) is 7.52. The maximum absolute atomic E-state index is 12.7. The van der Waals surface area contributed by atoms with Gasteiger partial charge in [0.2, 0.25) is 5.91 Å². The van der Waals surface area contributed by atoms with Gasteiger partial charge >= 0.3 is 0 Å². The summed E-state index contributed by atoms with van der Waals surface area (Å²) in [5.74, 6) is -0.235. The molecule has 2 rings (SSSR count). The van der Waals surface area contributed by atoms with E-state index in [1.807, 2.05) is 45.2 Å². The minimum Gasteiger partial charge on any atom is -0.331 e. The number of hydrogen-bond donors (Lipinski definition) is 2. The highest BCUT2D eigenvalue weighted by Gasteiger charge is 2.26. The van der Waals surface area contributed by atoms with E-state index in [2.05, 4.69) is 36.5 Å². The van der Waals surface area contributed by atoms with Gasteiger partial charge in [-0.1, -0.05) is 48.9 Å². The maximum atomic E-state index is 12.7. The lowest BCUT2D eigenvalue weighted by Gasteiger charge is -2.25. The van der Waals surface area contributed by atoms with Crippen molar-refractivity contribution in [3.8, 4) is 0 Å². The highest BCUT2D eigenvalue weighted by atomic mass is 16.2. The fourth-order valence-electron chi connectivity index (χ4n) is 3.04. The van der Waals surface area contributed by atoms with E-state index in [0.717, 1.165) is 29.1 Å². The van der Waals surface area contributed by atoms with E-state index >= 15 is 0 Å². The summed E-state index contributed by atoms with van der Waals surface area (Å²) >= 11 is 0. The summed E-state index contributed by atoms with van der Waals surface area (Å²) < 4.78 is 0. The van der Waals surface area contributed by atoms with Crippen molar-refractivity contribution in [2.24, 2.45) is 0 Å². The van der Waals surface area contributed by atoms with Gasteiger partial charge in [0.15, 0.2) is 6.04 Å². The molecule has 2 N–H and O–H groups in total. The number of nitrogens with one attached hydrogen (secondary N) is 2. The molecule has 5 nitrogen and oxygen atoms in total. The lowest BCUT2D eigenvalue weighted by Crippen LogP contribution is -3.12. The number of quaternary nitrogens is 1. The van der Waals surface area contributed by atoms with E-state index in [9.17, 15) is 9.59 Å². The molecular weight excluding hydrogens is 350 g/mol. The van der Waals surface area contributed by atoms with Crippen molar-refractivity contribution < 1.29 is 14.5 Å². The van der Waals surface area contributed by atoms with Gasteiger partial charge in [-0.15, -0.1) is 0 Å². The van der Waals surface area contributed by atoms with Gasteiger partial charge in [-0.25, -0.2) is 0 Å². The largest absolute Gasteiger partial charge is 0.331 e. The Morgan fingerprint density at radius 2 is 1.61 bits per heavy atom. The topological polar surface area (TPSA) is 53.9 Å². The highest BCUT2D eigenvalue weighted by molar-refractivity contribution is 5.94. The van der Waals surface area contributed by atoms with E-state index in [4.69, 9.17) is 0 Å². The van der Waals surface area contributed by atoms with Crippen molar-refractivity contribution in [1.29, 1.82) is 0 Å². The van der Waals surface area contributed by atoms with Crippen LogP contribution in [0.3, 0.4) is 0 Å². The third-order valence-electron chi connectivity index (χ3n) is 5.12. The van der Waals surface area contributed by atoms with Gasteiger partial charge in [-0.3, -0.25) is 9.59 Å². The Kier molecular flexibility index (Phi) is 7.76. The molecule has 0 radical (unpaired) electrons. The Hall–Kier alpha value is -2.66. The molecule has 0 aromatic heterocycles. The molecule has 0 saturated heterocycles. The molecule has 2 aromatic rings. The van der Waals surface area contributed by atoms with E-state index in [1.54, 1.807) is 7.05 Å². The molecule has 0 saturated carbocycles. The smallest absolute Gasteiger partial charge is 0.280 e. The zero-order valence-electron chi connectivity index (χ0n) is 17.6. The van der Waals surface area contributed by atoms with Crippen molar-refractivity contribution in [3.05, 3.63) is 65.2 Å². The lowest BCUT2D eigenvalue weighted by atomic mass is 10.1. The van der Waals surface area contributed by atoms with Crippen molar-refractivity contribution in [2.45, 2.75) is 39.8 Å². The zero-order valence-corrected chi connectivity index (χ0v) is 17.6. The van der Waals surface area contributed by atoms with Crippen molar-refractivity contribution in [1.82, 2.24) is 4.90 Å². The lowest BCUT2D eigenvalue weighted by molar-refractivity contribution is -0.908. The average Bonchev–Trinajstić information content (AvgIpc) is 2.69. The summed E-state index contributed by atoms with van der Waals surface area (Å²) in [4.78, 5) is 27.6. The molecule has 150 valence electrons. The van der Waals surface area contributed by atoms with Crippen molar-refractivity contribution in [3.63, 3.8) is 0 Å². The number of rotatable bonds is 8. The first-order valence-corrected chi connectivity index (χ1v) is 9.81. The van der Waals surface area contributed by atoms with Crippen LogP contribution in [0.2, 0.25) is 0 Å². The van der Waals surface area contributed by atoms with Crippen molar-refractivity contribution in [2.75, 3.05) is 26.0 Å². The molecule has 1 unspecified atom stereocenters. The Balaban J connectivity index is 1.87. The van der Waals surface area contributed by atoms with Crippen LogP contribution in [0.15, 0.2) is 48.5 Å². The molecule has 0 heterocycles. The van der Waals surface area contributed by atoms with Gasteiger partial charge in [-0.2, -0.15) is 0 Å². The first-order chi connectivity index (χ1) is 13.3. The third kappa shape index (κ3) is 6.20. The minimum absolute atomic E-state index is 0.0372. The molecule has 0 spiro atoms. The van der Waals surface area contributed by atoms with Gasteiger partial charge in [0.25, 0.3) is 5.91 Å². The molecule has 0 bridgehead atoms. The number of amides is 2. The first-order valence-electron chi connectivity index (χ1n) is 9.81. The summed E-state index contributed by atoms with van der Waals surface area (Å²) in [7, 11) is 3.69. The van der Waals surface area contributed by atoms with Crippen LogP contribution in [-0.4, -0.2) is 43.4 Å². The second-order valence-electron chi connectivity index (χ2n) is 7.52. The van der Waals surface area contributed by atoms with Crippen molar-refractivity contribution >= 4 is 17.5 Å². The minimum atomic E-state index is -0.233. The van der Waals surface area contributed by atoms with E-state index in [0.29, 0.717) is 0 Å². The number of benzene rings is 2. The monoisotopic (exact) mass is 382 g/mol. The molecule has 0 aliphatic carbocycles. The summed E-state index contributed by atoms with van der Waals surface area (Å²) in [5.41, 5.74) is 4.39. The maximum Gasteiger partial charge on any atom is 0.280 e. The number of carbonyl (C=O) groups is 2. The van der Waals surface area contributed by atoms with Crippen LogP contribution in [0, 0.1) is 6.92 Å². The quantitative estimate of drug-likeness (QED) is 0.734. The summed E-state index contributed by atoms with van der Waals surface area (Å²) in [6.07, 6.45) is 1.02. The number of hydrogen-bond acceptors (Lipinski definition) is 2. The van der Waals surface area contributed by atoms with Crippen LogP contribution in [0.25, 0.3) is 0 Å². The standard InChI is InChI=1S/C23H31N3O2/c1-6-19-9-11-20(12-10-19)15-25(4)18(3)23(28)26(5)16-22(27)24-21-13-7-17(2)8-14-21/h7-14,18H,6,15-16H2,1-5H3,(H,24,27)/p+1/t18-/m1/s1. The molecule has 0 aliphatic rings. The normalized spacial score (nSPS) is 12.9. The van der Waals surface area contributed by atoms with Gasteiger partial charge in [-0.05, 0) is 38.0 Å². The zero-order chi connectivity index (χ0) is 20.7.